The minimum absolute atomic E-state index is 0. The van der Waals surface area contributed by atoms with E-state index in [1.807, 2.05) is 42.6 Å². The van der Waals surface area contributed by atoms with Gasteiger partial charge in [-0.1, -0.05) is 137 Å². The molecule has 0 atom stereocenters. The maximum atomic E-state index is 6.68. The molecule has 10 aromatic rings. The molecule has 0 saturated carbocycles. The molecule has 1 aliphatic heterocycles. The van der Waals surface area contributed by atoms with Crippen molar-refractivity contribution in [1.29, 1.82) is 0 Å². The number of para-hydroxylation sites is 3. The molecule has 0 aliphatic carbocycles. The van der Waals surface area contributed by atoms with Crippen LogP contribution in [0.4, 0.5) is 22.7 Å². The summed E-state index contributed by atoms with van der Waals surface area (Å²) in [7, 11) is 0. The summed E-state index contributed by atoms with van der Waals surface area (Å²) in [5.74, 6) is 1.93. The van der Waals surface area contributed by atoms with Gasteiger partial charge in [0.05, 0.1) is 5.52 Å². The quantitative estimate of drug-likeness (QED) is 0.149. The second kappa shape index (κ2) is 16.3. The van der Waals surface area contributed by atoms with Crippen LogP contribution in [0.5, 0.6) is 11.5 Å². The largest absolute Gasteiger partial charge is 0.509 e. The van der Waals surface area contributed by atoms with E-state index < -0.39 is 0 Å². The number of fused-ring (bicyclic) bond motifs is 6. The SMILES string of the molecule is CC(C)(C)c1ccnc(-n2c3[c-]c(Oc4[c-]c(N5[CH-]N(c6c(-c7ccccc7)cc(C(C)(C)C)cc6-c6ccccc6)c6ccccc65)ccc4)ccc3c3oc4ccccc4c32)c1.[Pt]. The van der Waals surface area contributed by atoms with E-state index in [2.05, 4.69) is 202 Å². The smallest absolute Gasteiger partial charge is 0.136 e. The molecule has 0 radical (unpaired) electrons. The number of aromatic nitrogens is 2. The monoisotopic (exact) mass is 1030 g/mol. The molecular formula is C58H47N4O2Pt-3. The molecule has 7 heteroatoms. The summed E-state index contributed by atoms with van der Waals surface area (Å²) in [5, 5.41) is 1.95. The van der Waals surface area contributed by atoms with Gasteiger partial charge in [-0.05, 0) is 81.6 Å². The average molecular weight is 1030 g/mol. The van der Waals surface area contributed by atoms with Gasteiger partial charge in [0.1, 0.15) is 17.0 Å². The first kappa shape index (κ1) is 42.1. The summed E-state index contributed by atoms with van der Waals surface area (Å²) in [5.41, 5.74) is 14.4. The topological polar surface area (TPSA) is 46.7 Å². The maximum Gasteiger partial charge on any atom is 0.136 e. The molecule has 11 rings (SSSR count). The van der Waals surface area contributed by atoms with Crippen LogP contribution < -0.4 is 14.5 Å². The Balaban J connectivity index is 0.00000498. The molecular weight excluding hydrogens is 980 g/mol. The van der Waals surface area contributed by atoms with E-state index >= 15 is 0 Å². The molecule has 0 amide bonds. The summed E-state index contributed by atoms with van der Waals surface area (Å²) >= 11 is 0. The first-order valence-corrected chi connectivity index (χ1v) is 21.9. The normalized spacial score (nSPS) is 12.8. The molecule has 0 spiro atoms. The standard InChI is InChI=1S/C58H47N4O2.Pt/c1-57(2,3)40-30-31-59-53(34-40)62-51-36-44(28-29-45(51)56-55(62)46-24-13-16-27-52(46)64-56)63-43-23-17-22-42(35-43)60-37-61(50-26-15-14-25-49(50)60)54-47(38-18-9-7-10-19-38)32-41(58(4,5)6)33-48(54)39-20-11-8-12-21-39;/h7-34,37H,1-6H3;/q-3;. The van der Waals surface area contributed by atoms with Crippen molar-refractivity contribution in [2.45, 2.75) is 52.4 Å². The van der Waals surface area contributed by atoms with E-state index in [4.69, 9.17) is 14.1 Å². The van der Waals surface area contributed by atoms with Crippen LogP contribution in [0.2, 0.25) is 0 Å². The number of rotatable bonds is 7. The van der Waals surface area contributed by atoms with Crippen LogP contribution in [0.25, 0.3) is 61.0 Å². The Hall–Kier alpha value is -6.88. The Kier molecular flexibility index (Phi) is 10.5. The van der Waals surface area contributed by atoms with Crippen molar-refractivity contribution in [3.8, 4) is 39.6 Å². The third-order valence-electron chi connectivity index (χ3n) is 12.3. The number of hydrogen-bond donors (Lipinski definition) is 0. The third kappa shape index (κ3) is 7.50. The molecule has 0 unspecified atom stereocenters. The van der Waals surface area contributed by atoms with Crippen molar-refractivity contribution in [1.82, 2.24) is 9.55 Å². The molecule has 324 valence electrons. The number of benzene rings is 7. The van der Waals surface area contributed by atoms with Crippen molar-refractivity contribution in [3.63, 3.8) is 0 Å². The average Bonchev–Trinajstić information content (AvgIpc) is 3.98. The molecule has 6 nitrogen and oxygen atoms in total. The Morgan fingerprint density at radius 1 is 0.569 bits per heavy atom. The van der Waals surface area contributed by atoms with E-state index in [0.29, 0.717) is 11.5 Å². The molecule has 3 aromatic heterocycles. The fraction of sp³-hybridized carbons (Fsp3) is 0.138. The summed E-state index contributed by atoms with van der Waals surface area (Å²) in [4.78, 5) is 9.44. The molecule has 65 heavy (non-hydrogen) atoms. The first-order valence-electron chi connectivity index (χ1n) is 21.9. The predicted molar refractivity (Wildman–Crippen MR) is 262 cm³/mol. The van der Waals surface area contributed by atoms with Gasteiger partial charge in [-0.15, -0.1) is 42.7 Å². The number of nitrogens with zero attached hydrogens (tertiary/aromatic N) is 4. The summed E-state index contributed by atoms with van der Waals surface area (Å²) in [6.07, 6.45) is 1.89. The van der Waals surface area contributed by atoms with Gasteiger partial charge in [-0.3, -0.25) is 0 Å². The van der Waals surface area contributed by atoms with Crippen molar-refractivity contribution in [2.24, 2.45) is 0 Å². The van der Waals surface area contributed by atoms with Crippen LogP contribution in [0.1, 0.15) is 52.7 Å². The third-order valence-corrected chi connectivity index (χ3v) is 12.3. The molecule has 0 fully saturated rings. The van der Waals surface area contributed by atoms with Gasteiger partial charge in [0, 0.05) is 72.3 Å². The number of furan rings is 1. The minimum atomic E-state index is -0.0712. The molecule has 0 bridgehead atoms. The zero-order valence-corrected chi connectivity index (χ0v) is 39.4. The van der Waals surface area contributed by atoms with Crippen LogP contribution >= 0.6 is 0 Å². The number of ether oxygens (including phenoxy) is 1. The van der Waals surface area contributed by atoms with Gasteiger partial charge in [0.2, 0.25) is 0 Å². The maximum absolute atomic E-state index is 6.68. The van der Waals surface area contributed by atoms with Crippen LogP contribution in [0, 0.1) is 18.8 Å². The minimum Gasteiger partial charge on any atom is -0.509 e. The first-order chi connectivity index (χ1) is 31.0. The van der Waals surface area contributed by atoms with Crippen LogP contribution in [-0.2, 0) is 31.9 Å². The number of hydrogen-bond acceptors (Lipinski definition) is 5. The van der Waals surface area contributed by atoms with E-state index in [1.54, 1.807) is 0 Å². The fourth-order valence-electron chi connectivity index (χ4n) is 8.91. The summed E-state index contributed by atoms with van der Waals surface area (Å²) in [6.45, 7) is 15.7. The molecule has 0 saturated heterocycles. The second-order valence-corrected chi connectivity index (χ2v) is 18.6. The number of anilines is 4. The molecule has 0 N–H and O–H groups in total. The molecule has 7 aromatic carbocycles. The molecule has 4 heterocycles. The van der Waals surface area contributed by atoms with E-state index in [1.165, 1.54) is 11.1 Å². The fourth-order valence-corrected chi connectivity index (χ4v) is 8.91. The Morgan fingerprint density at radius 3 is 1.86 bits per heavy atom. The van der Waals surface area contributed by atoms with Gasteiger partial charge in [-0.2, -0.15) is 12.1 Å². The van der Waals surface area contributed by atoms with Gasteiger partial charge in [0.25, 0.3) is 0 Å². The zero-order chi connectivity index (χ0) is 43.7. The predicted octanol–water partition coefficient (Wildman–Crippen LogP) is 15.7. The van der Waals surface area contributed by atoms with E-state index in [-0.39, 0.29) is 31.9 Å². The Bertz CT molecular complexity index is 3320. The van der Waals surface area contributed by atoms with E-state index in [9.17, 15) is 0 Å². The Morgan fingerprint density at radius 2 is 1.18 bits per heavy atom. The summed E-state index contributed by atoms with van der Waals surface area (Å²) < 4.78 is 15.4. The summed E-state index contributed by atoms with van der Waals surface area (Å²) in [6, 6.07) is 64.5. The van der Waals surface area contributed by atoms with Gasteiger partial charge >= 0.3 is 0 Å². The van der Waals surface area contributed by atoms with Crippen molar-refractivity contribution >= 4 is 55.7 Å². The van der Waals surface area contributed by atoms with Crippen LogP contribution in [0.3, 0.4) is 0 Å². The van der Waals surface area contributed by atoms with Crippen molar-refractivity contribution in [2.75, 3.05) is 9.80 Å². The van der Waals surface area contributed by atoms with Gasteiger partial charge in [0.15, 0.2) is 0 Å². The van der Waals surface area contributed by atoms with Crippen LogP contribution in [0.15, 0.2) is 174 Å². The van der Waals surface area contributed by atoms with Crippen LogP contribution in [-0.4, -0.2) is 9.55 Å². The Labute approximate surface area is 395 Å². The molecule has 1 aliphatic rings. The second-order valence-electron chi connectivity index (χ2n) is 18.6. The zero-order valence-electron chi connectivity index (χ0n) is 37.2. The van der Waals surface area contributed by atoms with Gasteiger partial charge < -0.3 is 23.5 Å². The van der Waals surface area contributed by atoms with Gasteiger partial charge in [-0.25, -0.2) is 4.98 Å². The van der Waals surface area contributed by atoms with Crippen molar-refractivity contribution in [3.05, 3.63) is 200 Å². The van der Waals surface area contributed by atoms with Crippen molar-refractivity contribution < 1.29 is 30.2 Å². The number of pyridine rings is 1. The van der Waals surface area contributed by atoms with E-state index in [0.717, 1.165) is 83.8 Å².